The normalized spacial score (nSPS) is 16.7. The number of carbonyl (C=O) groups is 1. The van der Waals surface area contributed by atoms with Crippen molar-refractivity contribution < 1.29 is 14.3 Å². The molecule has 0 radical (unpaired) electrons. The quantitative estimate of drug-likeness (QED) is 0.794. The van der Waals surface area contributed by atoms with Gasteiger partial charge in [0.25, 0.3) is 5.91 Å². The molecule has 3 rings (SSSR count). The molecule has 21 heavy (non-hydrogen) atoms. The molecule has 0 aliphatic carbocycles. The predicted molar refractivity (Wildman–Crippen MR) is 78.0 cm³/mol. The molecule has 0 fully saturated rings. The molecule has 3 N–H and O–H groups in total. The topological polar surface area (TPSA) is 61.4 Å². The molecule has 2 aromatic rings. The van der Waals surface area contributed by atoms with Crippen molar-refractivity contribution in [2.24, 2.45) is 0 Å². The summed E-state index contributed by atoms with van der Waals surface area (Å²) in [6.07, 6.45) is 0.699. The number of fused-ring (bicyclic) bond motifs is 1. The van der Waals surface area contributed by atoms with Crippen LogP contribution in [0.2, 0.25) is 0 Å². The van der Waals surface area contributed by atoms with Gasteiger partial charge in [0, 0.05) is 12.2 Å². The Morgan fingerprint density at radius 1 is 1.29 bits per heavy atom. The molecular formula is C16H15FN2O2. The summed E-state index contributed by atoms with van der Waals surface area (Å²) < 4.78 is 13.2. The van der Waals surface area contributed by atoms with E-state index in [0.29, 0.717) is 13.0 Å². The van der Waals surface area contributed by atoms with Crippen molar-refractivity contribution in [1.82, 2.24) is 5.32 Å². The largest absolute Gasteiger partial charge is 0.507 e. The third-order valence-corrected chi connectivity index (χ3v) is 3.56. The maximum Gasteiger partial charge on any atom is 0.255 e. The molecule has 0 aromatic heterocycles. The molecule has 2 aromatic carbocycles. The van der Waals surface area contributed by atoms with E-state index in [0.717, 1.165) is 23.4 Å². The molecule has 0 bridgehead atoms. The van der Waals surface area contributed by atoms with Crippen LogP contribution in [0.25, 0.3) is 0 Å². The summed E-state index contributed by atoms with van der Waals surface area (Å²) in [4.78, 5) is 12.1. The number of nitrogens with one attached hydrogen (secondary N) is 2. The van der Waals surface area contributed by atoms with Crippen LogP contribution in [0.4, 0.5) is 10.1 Å². The maximum atomic E-state index is 13.2. The number of phenols is 1. The van der Waals surface area contributed by atoms with E-state index >= 15 is 0 Å². The summed E-state index contributed by atoms with van der Waals surface area (Å²) in [5, 5.41) is 15.7. The minimum atomic E-state index is -0.551. The van der Waals surface area contributed by atoms with Crippen LogP contribution < -0.4 is 10.6 Å². The van der Waals surface area contributed by atoms with Crippen molar-refractivity contribution in [3.05, 3.63) is 59.4 Å². The SMILES string of the molecule is O=C(NC1CNc2ccccc2C1)c1cc(F)ccc1O. The summed E-state index contributed by atoms with van der Waals surface area (Å²) in [6, 6.07) is 11.1. The molecule has 108 valence electrons. The molecule has 1 heterocycles. The molecule has 5 heteroatoms. The Kier molecular flexibility index (Phi) is 3.48. The van der Waals surface area contributed by atoms with Crippen LogP contribution in [0.5, 0.6) is 5.75 Å². The van der Waals surface area contributed by atoms with Gasteiger partial charge in [-0.1, -0.05) is 18.2 Å². The molecule has 1 unspecified atom stereocenters. The number of phenolic OH excluding ortho intramolecular Hbond substituents is 1. The summed E-state index contributed by atoms with van der Waals surface area (Å²) >= 11 is 0. The minimum absolute atomic E-state index is 0.0474. The van der Waals surface area contributed by atoms with Gasteiger partial charge in [-0.05, 0) is 36.2 Å². The number of carbonyl (C=O) groups excluding carboxylic acids is 1. The average molecular weight is 286 g/mol. The van der Waals surface area contributed by atoms with Crippen molar-refractivity contribution in [3.8, 4) is 5.75 Å². The first-order chi connectivity index (χ1) is 10.1. The molecule has 1 atom stereocenters. The molecule has 0 saturated heterocycles. The van der Waals surface area contributed by atoms with Gasteiger partial charge in [-0.15, -0.1) is 0 Å². The lowest BCUT2D eigenvalue weighted by atomic mass is 9.99. The number of hydrogen-bond donors (Lipinski definition) is 3. The zero-order valence-electron chi connectivity index (χ0n) is 11.3. The van der Waals surface area contributed by atoms with Crippen molar-refractivity contribution in [3.63, 3.8) is 0 Å². The summed E-state index contributed by atoms with van der Waals surface area (Å²) in [6.45, 7) is 0.596. The number of anilines is 1. The highest BCUT2D eigenvalue weighted by Gasteiger charge is 2.21. The molecule has 0 spiro atoms. The monoisotopic (exact) mass is 286 g/mol. The van der Waals surface area contributed by atoms with Gasteiger partial charge in [-0.2, -0.15) is 0 Å². The fourth-order valence-corrected chi connectivity index (χ4v) is 2.50. The first kappa shape index (κ1) is 13.4. The maximum absolute atomic E-state index is 13.2. The molecule has 1 amide bonds. The standard InChI is InChI=1S/C16H15FN2O2/c17-11-5-6-15(20)13(8-11)16(21)19-12-7-10-3-1-2-4-14(10)18-9-12/h1-6,8,12,18,20H,7,9H2,(H,19,21). The zero-order valence-corrected chi connectivity index (χ0v) is 11.3. The van der Waals surface area contributed by atoms with Gasteiger partial charge >= 0.3 is 0 Å². The number of amides is 1. The van der Waals surface area contributed by atoms with Crippen molar-refractivity contribution in [1.29, 1.82) is 0 Å². The summed E-state index contributed by atoms with van der Waals surface area (Å²) in [5.74, 6) is -1.25. The highest BCUT2D eigenvalue weighted by molar-refractivity contribution is 5.97. The van der Waals surface area contributed by atoms with Crippen molar-refractivity contribution >= 4 is 11.6 Å². The number of halogens is 1. The van der Waals surface area contributed by atoms with Crippen LogP contribution in [0.1, 0.15) is 15.9 Å². The van der Waals surface area contributed by atoms with Crippen molar-refractivity contribution in [2.45, 2.75) is 12.5 Å². The Morgan fingerprint density at radius 3 is 2.95 bits per heavy atom. The highest BCUT2D eigenvalue weighted by atomic mass is 19.1. The van der Waals surface area contributed by atoms with Crippen molar-refractivity contribution in [2.75, 3.05) is 11.9 Å². The third-order valence-electron chi connectivity index (χ3n) is 3.56. The Morgan fingerprint density at radius 2 is 2.10 bits per heavy atom. The van der Waals surface area contributed by atoms with E-state index in [9.17, 15) is 14.3 Å². The second-order valence-electron chi connectivity index (χ2n) is 5.07. The van der Waals surface area contributed by atoms with Gasteiger partial charge in [0.05, 0.1) is 11.6 Å². The molecular weight excluding hydrogens is 271 g/mol. The van der Waals surface area contributed by atoms with E-state index in [2.05, 4.69) is 10.6 Å². The fraction of sp³-hybridized carbons (Fsp3) is 0.188. The smallest absolute Gasteiger partial charge is 0.255 e. The summed E-state index contributed by atoms with van der Waals surface area (Å²) in [5.41, 5.74) is 2.14. The molecule has 1 aliphatic rings. The number of hydrogen-bond acceptors (Lipinski definition) is 3. The van der Waals surface area contributed by atoms with Gasteiger partial charge in [-0.3, -0.25) is 4.79 Å². The van der Waals surface area contributed by atoms with E-state index in [1.54, 1.807) is 0 Å². The third kappa shape index (κ3) is 2.81. The van der Waals surface area contributed by atoms with E-state index in [1.807, 2.05) is 24.3 Å². The van der Waals surface area contributed by atoms with Gasteiger partial charge in [0.2, 0.25) is 0 Å². The van der Waals surface area contributed by atoms with Gasteiger partial charge in [0.15, 0.2) is 0 Å². The van der Waals surface area contributed by atoms with E-state index < -0.39 is 11.7 Å². The van der Waals surface area contributed by atoms with Crippen LogP contribution in [-0.4, -0.2) is 23.6 Å². The van der Waals surface area contributed by atoms with Gasteiger partial charge in [0.1, 0.15) is 11.6 Å². The van der Waals surface area contributed by atoms with Crippen LogP contribution in [0.3, 0.4) is 0 Å². The number of para-hydroxylation sites is 1. The molecule has 0 saturated carbocycles. The summed E-state index contributed by atoms with van der Waals surface area (Å²) in [7, 11) is 0. The van der Waals surface area contributed by atoms with Crippen LogP contribution in [-0.2, 0) is 6.42 Å². The second kappa shape index (κ2) is 5.44. The van der Waals surface area contributed by atoms with E-state index in [1.165, 1.54) is 6.07 Å². The number of rotatable bonds is 2. The average Bonchev–Trinajstić information content (AvgIpc) is 2.49. The first-order valence-corrected chi connectivity index (χ1v) is 6.74. The lowest BCUT2D eigenvalue weighted by Crippen LogP contribution is -2.43. The Labute approximate surface area is 121 Å². The van der Waals surface area contributed by atoms with Gasteiger partial charge < -0.3 is 15.7 Å². The Bertz CT molecular complexity index is 688. The van der Waals surface area contributed by atoms with Crippen LogP contribution in [0.15, 0.2) is 42.5 Å². The lowest BCUT2D eigenvalue weighted by Gasteiger charge is -2.27. The first-order valence-electron chi connectivity index (χ1n) is 6.74. The van der Waals surface area contributed by atoms with E-state index in [-0.39, 0.29) is 17.4 Å². The van der Waals surface area contributed by atoms with Gasteiger partial charge in [-0.25, -0.2) is 4.39 Å². The molecule has 4 nitrogen and oxygen atoms in total. The fourth-order valence-electron chi connectivity index (χ4n) is 2.50. The number of benzene rings is 2. The number of aromatic hydroxyl groups is 1. The Hall–Kier alpha value is -2.56. The van der Waals surface area contributed by atoms with E-state index in [4.69, 9.17) is 0 Å². The van der Waals surface area contributed by atoms with Crippen LogP contribution >= 0.6 is 0 Å². The predicted octanol–water partition coefficient (Wildman–Crippen LogP) is 2.30. The minimum Gasteiger partial charge on any atom is -0.507 e. The molecule has 1 aliphatic heterocycles. The lowest BCUT2D eigenvalue weighted by molar-refractivity contribution is 0.0935. The Balaban J connectivity index is 1.73. The zero-order chi connectivity index (χ0) is 14.8. The second-order valence-corrected chi connectivity index (χ2v) is 5.07. The highest BCUT2D eigenvalue weighted by Crippen LogP contribution is 2.22. The van der Waals surface area contributed by atoms with Crippen LogP contribution in [0, 0.1) is 5.82 Å².